The van der Waals surface area contributed by atoms with Crippen LogP contribution in [0.15, 0.2) is 4.52 Å². The zero-order chi connectivity index (χ0) is 12.0. The average molecular weight is 226 g/mol. The van der Waals surface area contributed by atoms with E-state index < -0.39 is 6.04 Å². The van der Waals surface area contributed by atoms with Crippen molar-refractivity contribution >= 4 is 5.91 Å². The quantitative estimate of drug-likeness (QED) is 0.720. The van der Waals surface area contributed by atoms with Crippen molar-refractivity contribution in [2.75, 3.05) is 6.54 Å². The summed E-state index contributed by atoms with van der Waals surface area (Å²) in [6.45, 7) is 4.22. The molecule has 0 bridgehead atoms. The maximum atomic E-state index is 11.4. The van der Waals surface area contributed by atoms with Crippen LogP contribution in [0, 0.1) is 6.92 Å². The zero-order valence-corrected chi connectivity index (χ0v) is 9.69. The van der Waals surface area contributed by atoms with Crippen molar-refractivity contribution in [1.82, 2.24) is 15.5 Å². The molecule has 1 aromatic rings. The second-order valence-electron chi connectivity index (χ2n) is 3.67. The van der Waals surface area contributed by atoms with E-state index in [9.17, 15) is 4.79 Å². The maximum absolute atomic E-state index is 11.4. The highest BCUT2D eigenvalue weighted by molar-refractivity contribution is 5.81. The van der Waals surface area contributed by atoms with Gasteiger partial charge in [0, 0.05) is 13.0 Å². The lowest BCUT2D eigenvalue weighted by Gasteiger charge is -2.09. The molecule has 90 valence electrons. The molecule has 1 rings (SSSR count). The number of nitrogens with two attached hydrogens (primary N) is 1. The molecule has 6 nitrogen and oxygen atoms in total. The van der Waals surface area contributed by atoms with Crippen molar-refractivity contribution in [3.05, 3.63) is 11.7 Å². The van der Waals surface area contributed by atoms with E-state index in [-0.39, 0.29) is 5.91 Å². The third kappa shape index (κ3) is 3.98. The Morgan fingerprint density at radius 2 is 2.38 bits per heavy atom. The molecule has 16 heavy (non-hydrogen) atoms. The minimum atomic E-state index is -0.422. The van der Waals surface area contributed by atoms with Crippen LogP contribution < -0.4 is 11.1 Å². The highest BCUT2D eigenvalue weighted by atomic mass is 16.5. The summed E-state index contributed by atoms with van der Waals surface area (Å²) < 4.78 is 4.91. The molecule has 0 aliphatic rings. The van der Waals surface area contributed by atoms with E-state index >= 15 is 0 Å². The van der Waals surface area contributed by atoms with Gasteiger partial charge in [-0.2, -0.15) is 4.98 Å². The lowest BCUT2D eigenvalue weighted by Crippen LogP contribution is -2.41. The van der Waals surface area contributed by atoms with Crippen molar-refractivity contribution in [3.63, 3.8) is 0 Å². The van der Waals surface area contributed by atoms with Crippen LogP contribution in [0.25, 0.3) is 0 Å². The van der Waals surface area contributed by atoms with Gasteiger partial charge in [-0.1, -0.05) is 18.5 Å². The van der Waals surface area contributed by atoms with Crippen molar-refractivity contribution in [2.24, 2.45) is 5.73 Å². The minimum Gasteiger partial charge on any atom is -0.354 e. The van der Waals surface area contributed by atoms with Crippen LogP contribution in [-0.4, -0.2) is 28.6 Å². The molecule has 0 aliphatic carbocycles. The zero-order valence-electron chi connectivity index (χ0n) is 9.69. The van der Waals surface area contributed by atoms with Gasteiger partial charge in [0.05, 0.1) is 6.04 Å². The van der Waals surface area contributed by atoms with Gasteiger partial charge in [0.25, 0.3) is 0 Å². The van der Waals surface area contributed by atoms with E-state index in [1.165, 1.54) is 0 Å². The molecular formula is C10H18N4O2. The number of nitrogens with one attached hydrogen (secondary N) is 1. The molecule has 0 fully saturated rings. The van der Waals surface area contributed by atoms with Crippen LogP contribution in [0.5, 0.6) is 0 Å². The number of carbonyl (C=O) groups is 1. The second-order valence-corrected chi connectivity index (χ2v) is 3.67. The Morgan fingerprint density at radius 3 is 2.94 bits per heavy atom. The molecule has 0 radical (unpaired) electrons. The third-order valence-electron chi connectivity index (χ3n) is 2.14. The predicted octanol–water partition coefficient (Wildman–Crippen LogP) is 0.164. The normalized spacial score (nSPS) is 12.4. The van der Waals surface area contributed by atoms with E-state index in [1.807, 2.05) is 6.92 Å². The molecule has 1 amide bonds. The number of rotatable bonds is 6. The third-order valence-corrected chi connectivity index (χ3v) is 2.14. The van der Waals surface area contributed by atoms with Gasteiger partial charge in [-0.05, 0) is 13.3 Å². The standard InChI is InChI=1S/C10H18N4O2/c1-3-4-8(11)10(15)12-6-5-9-13-7(2)14-16-9/h8H,3-6,11H2,1-2H3,(H,12,15)/t8-/m0/s1. The van der Waals surface area contributed by atoms with Crippen LogP contribution in [0.2, 0.25) is 0 Å². The molecule has 6 heteroatoms. The first-order valence-electron chi connectivity index (χ1n) is 5.46. The molecule has 0 aromatic carbocycles. The van der Waals surface area contributed by atoms with Crippen molar-refractivity contribution in [1.29, 1.82) is 0 Å². The Labute approximate surface area is 94.6 Å². The number of nitrogens with zero attached hydrogens (tertiary/aromatic N) is 2. The summed E-state index contributed by atoms with van der Waals surface area (Å²) in [5.74, 6) is 1.00. The van der Waals surface area contributed by atoms with E-state index in [0.717, 1.165) is 6.42 Å². The van der Waals surface area contributed by atoms with E-state index in [4.69, 9.17) is 10.3 Å². The Kier molecular flexibility index (Phi) is 4.91. The molecule has 0 aliphatic heterocycles. The monoisotopic (exact) mass is 226 g/mol. The molecule has 1 aromatic heterocycles. The maximum Gasteiger partial charge on any atom is 0.236 e. The highest BCUT2D eigenvalue weighted by Crippen LogP contribution is 1.96. The summed E-state index contributed by atoms with van der Waals surface area (Å²) >= 11 is 0. The smallest absolute Gasteiger partial charge is 0.236 e. The lowest BCUT2D eigenvalue weighted by molar-refractivity contribution is -0.122. The van der Waals surface area contributed by atoms with Gasteiger partial charge in [0.2, 0.25) is 11.8 Å². The van der Waals surface area contributed by atoms with Gasteiger partial charge in [-0.3, -0.25) is 4.79 Å². The molecule has 0 saturated heterocycles. The molecule has 1 heterocycles. The van der Waals surface area contributed by atoms with Crippen LogP contribution in [0.1, 0.15) is 31.5 Å². The first-order valence-corrected chi connectivity index (χ1v) is 5.46. The number of hydrogen-bond acceptors (Lipinski definition) is 5. The van der Waals surface area contributed by atoms with Crippen molar-refractivity contribution in [2.45, 2.75) is 39.2 Å². The Bertz CT molecular complexity index is 337. The molecular weight excluding hydrogens is 208 g/mol. The van der Waals surface area contributed by atoms with Crippen LogP contribution in [0.4, 0.5) is 0 Å². The van der Waals surface area contributed by atoms with Gasteiger partial charge in [-0.25, -0.2) is 0 Å². The Hall–Kier alpha value is -1.43. The lowest BCUT2D eigenvalue weighted by atomic mass is 10.2. The summed E-state index contributed by atoms with van der Waals surface area (Å²) in [5.41, 5.74) is 5.65. The average Bonchev–Trinajstić information content (AvgIpc) is 2.64. The van der Waals surface area contributed by atoms with Crippen LogP contribution >= 0.6 is 0 Å². The van der Waals surface area contributed by atoms with Gasteiger partial charge in [-0.15, -0.1) is 0 Å². The fourth-order valence-corrected chi connectivity index (χ4v) is 1.31. The summed E-state index contributed by atoms with van der Waals surface area (Å²) in [6.07, 6.45) is 2.13. The number of carbonyl (C=O) groups excluding carboxylic acids is 1. The minimum absolute atomic E-state index is 0.127. The molecule has 0 unspecified atom stereocenters. The van der Waals surface area contributed by atoms with Gasteiger partial charge >= 0.3 is 0 Å². The Morgan fingerprint density at radius 1 is 1.62 bits per heavy atom. The largest absolute Gasteiger partial charge is 0.354 e. The van der Waals surface area contributed by atoms with Gasteiger partial charge in [0.1, 0.15) is 0 Å². The van der Waals surface area contributed by atoms with E-state index in [1.54, 1.807) is 6.92 Å². The van der Waals surface area contributed by atoms with Crippen molar-refractivity contribution in [3.8, 4) is 0 Å². The summed E-state index contributed by atoms with van der Waals surface area (Å²) in [5, 5.41) is 6.39. The first kappa shape index (κ1) is 12.6. The molecule has 1 atom stereocenters. The highest BCUT2D eigenvalue weighted by Gasteiger charge is 2.11. The van der Waals surface area contributed by atoms with Crippen LogP contribution in [0.3, 0.4) is 0 Å². The predicted molar refractivity (Wildman–Crippen MR) is 58.6 cm³/mol. The fourth-order valence-electron chi connectivity index (χ4n) is 1.31. The van der Waals surface area contributed by atoms with E-state index in [0.29, 0.717) is 31.1 Å². The first-order chi connectivity index (χ1) is 7.63. The van der Waals surface area contributed by atoms with E-state index in [2.05, 4.69) is 15.5 Å². The molecule has 3 N–H and O–H groups in total. The molecule has 0 spiro atoms. The Balaban J connectivity index is 2.22. The van der Waals surface area contributed by atoms with Gasteiger partial charge in [0.15, 0.2) is 5.82 Å². The topological polar surface area (TPSA) is 94.0 Å². The summed E-state index contributed by atoms with van der Waals surface area (Å²) in [6, 6.07) is -0.422. The number of aromatic nitrogens is 2. The van der Waals surface area contributed by atoms with Gasteiger partial charge < -0.3 is 15.6 Å². The number of amides is 1. The number of aryl methyl sites for hydroxylation is 1. The second kappa shape index (κ2) is 6.22. The summed E-state index contributed by atoms with van der Waals surface area (Å²) in [7, 11) is 0. The summed E-state index contributed by atoms with van der Waals surface area (Å²) in [4.78, 5) is 15.5. The molecule has 0 saturated carbocycles. The van der Waals surface area contributed by atoms with Crippen LogP contribution in [-0.2, 0) is 11.2 Å². The SMILES string of the molecule is CCC[C@H](N)C(=O)NCCc1nc(C)no1. The van der Waals surface area contributed by atoms with Crippen molar-refractivity contribution < 1.29 is 9.32 Å². The fraction of sp³-hybridized carbons (Fsp3) is 0.700. The number of hydrogen-bond donors (Lipinski definition) is 2.